The molecule has 1 fully saturated rings. The van der Waals surface area contributed by atoms with Gasteiger partial charge in [-0.15, -0.1) is 0 Å². The Balaban J connectivity index is 2.10. The fourth-order valence-electron chi connectivity index (χ4n) is 2.18. The molecular weight excluding hydrogens is 232 g/mol. The van der Waals surface area contributed by atoms with Crippen LogP contribution in [0.3, 0.4) is 0 Å². The van der Waals surface area contributed by atoms with Crippen LogP contribution in [-0.4, -0.2) is 16.2 Å². The molecule has 0 saturated heterocycles. The van der Waals surface area contributed by atoms with E-state index in [4.69, 9.17) is 4.18 Å². The standard InChI is InChI=1S/C14H20O2S/c1-12-8-10-14(11-9-12)17(2,15)16-13-6-4-3-5-7-13/h8-11,13H,2-7H2,1H3. The van der Waals surface area contributed by atoms with Crippen LogP contribution in [0.5, 0.6) is 0 Å². The molecule has 2 nitrogen and oxygen atoms in total. The van der Waals surface area contributed by atoms with E-state index in [1.165, 1.54) is 19.3 Å². The van der Waals surface area contributed by atoms with Crippen LogP contribution in [0.25, 0.3) is 0 Å². The van der Waals surface area contributed by atoms with Crippen LogP contribution in [-0.2, 0) is 14.0 Å². The zero-order valence-corrected chi connectivity index (χ0v) is 11.2. The summed E-state index contributed by atoms with van der Waals surface area (Å²) in [6, 6.07) is 7.61. The zero-order chi connectivity index (χ0) is 12.3. The topological polar surface area (TPSA) is 26.3 Å². The Hall–Kier alpha value is -0.800. The average Bonchev–Trinajstić information content (AvgIpc) is 2.30. The molecule has 94 valence electrons. The van der Waals surface area contributed by atoms with Crippen LogP contribution < -0.4 is 0 Å². The number of hydrogen-bond acceptors (Lipinski definition) is 2. The quantitative estimate of drug-likeness (QED) is 0.771. The first-order valence-corrected chi connectivity index (χ1v) is 7.85. The summed E-state index contributed by atoms with van der Waals surface area (Å²) in [6.07, 6.45) is 5.76. The van der Waals surface area contributed by atoms with Gasteiger partial charge in [0.05, 0.1) is 11.0 Å². The van der Waals surface area contributed by atoms with Gasteiger partial charge in [-0.1, -0.05) is 37.0 Å². The molecule has 0 aliphatic heterocycles. The molecule has 17 heavy (non-hydrogen) atoms. The highest BCUT2D eigenvalue weighted by Crippen LogP contribution is 2.24. The fourth-order valence-corrected chi connectivity index (χ4v) is 3.48. The minimum Gasteiger partial charge on any atom is -0.291 e. The second-order valence-corrected chi connectivity index (χ2v) is 6.68. The predicted octanol–water partition coefficient (Wildman–Crippen LogP) is 3.33. The fraction of sp³-hybridized carbons (Fsp3) is 0.500. The summed E-state index contributed by atoms with van der Waals surface area (Å²) in [5.74, 6) is 3.77. The number of benzene rings is 1. The number of aryl methyl sites for hydroxylation is 1. The molecule has 0 heterocycles. The van der Waals surface area contributed by atoms with E-state index >= 15 is 0 Å². The van der Waals surface area contributed by atoms with E-state index in [0.717, 1.165) is 18.4 Å². The van der Waals surface area contributed by atoms with Crippen LogP contribution in [0.2, 0.25) is 0 Å². The summed E-state index contributed by atoms with van der Waals surface area (Å²) >= 11 is 0. The molecule has 0 amide bonds. The summed E-state index contributed by atoms with van der Waals surface area (Å²) in [7, 11) is -2.58. The van der Waals surface area contributed by atoms with Gasteiger partial charge in [0.15, 0.2) is 0 Å². The van der Waals surface area contributed by atoms with E-state index in [1.54, 1.807) is 0 Å². The van der Waals surface area contributed by atoms with Gasteiger partial charge in [0, 0.05) is 0 Å². The molecule has 3 heteroatoms. The largest absolute Gasteiger partial charge is 0.291 e. The van der Waals surface area contributed by atoms with Crippen LogP contribution in [0.1, 0.15) is 37.7 Å². The van der Waals surface area contributed by atoms with Crippen molar-refractivity contribution in [3.63, 3.8) is 0 Å². The van der Waals surface area contributed by atoms with Crippen LogP contribution in [0, 0.1) is 6.92 Å². The van der Waals surface area contributed by atoms with Gasteiger partial charge in [-0.3, -0.25) is 4.18 Å². The lowest BCUT2D eigenvalue weighted by atomic mass is 9.98. The lowest BCUT2D eigenvalue weighted by Gasteiger charge is -2.23. The molecule has 1 saturated carbocycles. The lowest BCUT2D eigenvalue weighted by Crippen LogP contribution is -2.21. The number of hydrogen-bond donors (Lipinski definition) is 0. The van der Waals surface area contributed by atoms with Crippen LogP contribution in [0.4, 0.5) is 0 Å². The second kappa shape index (κ2) is 5.23. The predicted molar refractivity (Wildman–Crippen MR) is 72.7 cm³/mol. The lowest BCUT2D eigenvalue weighted by molar-refractivity contribution is 0.172. The first-order valence-electron chi connectivity index (χ1n) is 6.20. The van der Waals surface area contributed by atoms with E-state index in [1.807, 2.05) is 31.2 Å². The molecule has 2 rings (SSSR count). The molecule has 1 atom stereocenters. The van der Waals surface area contributed by atoms with E-state index in [2.05, 4.69) is 5.87 Å². The highest BCUT2D eigenvalue weighted by atomic mass is 32.2. The Kier molecular flexibility index (Phi) is 3.89. The Bertz CT molecular complexity index is 454. The maximum absolute atomic E-state index is 12.4. The molecule has 0 bridgehead atoms. The van der Waals surface area contributed by atoms with Crippen molar-refractivity contribution in [3.8, 4) is 0 Å². The first-order chi connectivity index (χ1) is 8.08. The maximum Gasteiger partial charge on any atom is 0.106 e. The molecule has 0 N–H and O–H groups in total. The Morgan fingerprint density at radius 3 is 2.35 bits per heavy atom. The Morgan fingerprint density at radius 1 is 1.18 bits per heavy atom. The van der Waals surface area contributed by atoms with Crippen LogP contribution >= 0.6 is 0 Å². The minimum absolute atomic E-state index is 0.120. The van der Waals surface area contributed by atoms with Gasteiger partial charge in [0.25, 0.3) is 0 Å². The monoisotopic (exact) mass is 252 g/mol. The molecule has 0 radical (unpaired) electrons. The smallest absolute Gasteiger partial charge is 0.106 e. The second-order valence-electron chi connectivity index (χ2n) is 4.78. The number of rotatable bonds is 3. The van der Waals surface area contributed by atoms with Crippen LogP contribution in [0.15, 0.2) is 29.2 Å². The molecule has 1 aromatic carbocycles. The molecule has 1 unspecified atom stereocenters. The maximum atomic E-state index is 12.4. The van der Waals surface area contributed by atoms with Gasteiger partial charge in [-0.2, -0.15) is 0 Å². The van der Waals surface area contributed by atoms with Gasteiger partial charge in [-0.05, 0) is 37.8 Å². The molecule has 1 aliphatic rings. The van der Waals surface area contributed by atoms with Gasteiger partial charge in [0.2, 0.25) is 0 Å². The third kappa shape index (κ3) is 3.33. The molecule has 0 aromatic heterocycles. The van der Waals surface area contributed by atoms with E-state index in [-0.39, 0.29) is 6.10 Å². The van der Waals surface area contributed by atoms with Crippen molar-refractivity contribution in [2.75, 3.05) is 0 Å². The third-order valence-corrected chi connectivity index (χ3v) is 4.80. The highest BCUT2D eigenvalue weighted by molar-refractivity contribution is 7.96. The molecule has 1 aromatic rings. The molecule has 1 aliphatic carbocycles. The van der Waals surface area contributed by atoms with Crippen molar-refractivity contribution in [3.05, 3.63) is 29.8 Å². The van der Waals surface area contributed by atoms with Gasteiger partial charge >= 0.3 is 0 Å². The summed E-state index contributed by atoms with van der Waals surface area (Å²) in [4.78, 5) is 0.702. The van der Waals surface area contributed by atoms with Crippen molar-refractivity contribution in [2.45, 2.75) is 50.0 Å². The van der Waals surface area contributed by atoms with E-state index < -0.39 is 9.80 Å². The zero-order valence-electron chi connectivity index (χ0n) is 10.4. The normalized spacial score (nSPS) is 21.0. The summed E-state index contributed by atoms with van der Waals surface area (Å²) < 4.78 is 18.2. The third-order valence-electron chi connectivity index (χ3n) is 3.22. The van der Waals surface area contributed by atoms with Gasteiger partial charge in [-0.25, -0.2) is 4.21 Å². The first kappa shape index (κ1) is 12.7. The van der Waals surface area contributed by atoms with Crippen molar-refractivity contribution < 1.29 is 8.39 Å². The van der Waals surface area contributed by atoms with Gasteiger partial charge < -0.3 is 0 Å². The van der Waals surface area contributed by atoms with Crippen molar-refractivity contribution in [2.24, 2.45) is 0 Å². The summed E-state index contributed by atoms with van der Waals surface area (Å²) in [5.41, 5.74) is 1.15. The Morgan fingerprint density at radius 2 is 1.76 bits per heavy atom. The molecule has 0 spiro atoms. The average molecular weight is 252 g/mol. The van der Waals surface area contributed by atoms with E-state index in [9.17, 15) is 4.21 Å². The Labute approximate surface area is 104 Å². The van der Waals surface area contributed by atoms with Gasteiger partial charge in [0.1, 0.15) is 9.80 Å². The minimum atomic E-state index is -2.58. The van der Waals surface area contributed by atoms with Crippen molar-refractivity contribution in [1.82, 2.24) is 0 Å². The van der Waals surface area contributed by atoms with Crippen molar-refractivity contribution >= 4 is 15.7 Å². The summed E-state index contributed by atoms with van der Waals surface area (Å²) in [5, 5.41) is 0. The molecular formula is C14H20O2S. The van der Waals surface area contributed by atoms with Crippen molar-refractivity contribution in [1.29, 1.82) is 0 Å². The highest BCUT2D eigenvalue weighted by Gasteiger charge is 2.19. The SMILES string of the molecule is C=S(=O)(OC1CCCCC1)c1ccc(C)cc1. The summed E-state index contributed by atoms with van der Waals surface area (Å²) in [6.45, 7) is 2.01. The van der Waals surface area contributed by atoms with E-state index in [0.29, 0.717) is 4.90 Å².